The van der Waals surface area contributed by atoms with Crippen molar-refractivity contribution in [3.63, 3.8) is 0 Å². The van der Waals surface area contributed by atoms with E-state index in [9.17, 15) is 0 Å². The topological polar surface area (TPSA) is 0 Å². The molecule has 0 heterocycles. The first-order valence-electron chi connectivity index (χ1n) is 4.70. The van der Waals surface area contributed by atoms with Crippen molar-refractivity contribution in [3.8, 4) is 0 Å². The molecule has 0 bridgehead atoms. The van der Waals surface area contributed by atoms with E-state index in [2.05, 4.69) is 45.0 Å². The fourth-order valence-corrected chi connectivity index (χ4v) is 3.46. The van der Waals surface area contributed by atoms with Crippen LogP contribution in [0.4, 0.5) is 0 Å². The van der Waals surface area contributed by atoms with E-state index < -0.39 is 0 Å². The normalized spacial score (nSPS) is 12.9. The molecule has 0 radical (unpaired) electrons. The Labute approximate surface area is 97.5 Å². The molecule has 0 aliphatic carbocycles. The second-order valence-electron chi connectivity index (χ2n) is 3.53. The van der Waals surface area contributed by atoms with Crippen molar-refractivity contribution in [2.24, 2.45) is 5.92 Å². The van der Waals surface area contributed by atoms with Crippen LogP contribution in [0.5, 0.6) is 0 Å². The third kappa shape index (κ3) is 3.49. The zero-order valence-electron chi connectivity index (χ0n) is 8.75. The van der Waals surface area contributed by atoms with Crippen LogP contribution in [-0.2, 0) is 0 Å². The van der Waals surface area contributed by atoms with E-state index in [1.165, 1.54) is 10.0 Å². The van der Waals surface area contributed by atoms with Gasteiger partial charge in [-0.2, -0.15) is 0 Å². The van der Waals surface area contributed by atoms with Crippen LogP contribution in [-0.4, -0.2) is 15.0 Å². The van der Waals surface area contributed by atoms with Crippen LogP contribution < -0.4 is 4.46 Å². The van der Waals surface area contributed by atoms with Crippen LogP contribution in [0.3, 0.4) is 0 Å². The standard InChI is InChI=1S/C12H15ClSe/c1-9(2)10(3)12(13)14-11-7-5-4-6-8-11/h4-9H,1-3H3/b12-10+. The first kappa shape index (κ1) is 11.8. The van der Waals surface area contributed by atoms with Gasteiger partial charge < -0.3 is 0 Å². The summed E-state index contributed by atoms with van der Waals surface area (Å²) in [4.78, 5) is 0. The van der Waals surface area contributed by atoms with Gasteiger partial charge in [0.15, 0.2) is 0 Å². The van der Waals surface area contributed by atoms with Crippen LogP contribution in [0, 0.1) is 5.92 Å². The minimum atomic E-state index is 0.275. The summed E-state index contributed by atoms with van der Waals surface area (Å²) >= 11 is 6.54. The van der Waals surface area contributed by atoms with Gasteiger partial charge in [-0.3, -0.25) is 0 Å². The summed E-state index contributed by atoms with van der Waals surface area (Å²) < 4.78 is 2.38. The molecule has 1 aromatic rings. The maximum absolute atomic E-state index is 6.27. The van der Waals surface area contributed by atoms with E-state index in [-0.39, 0.29) is 15.0 Å². The fraction of sp³-hybridized carbons (Fsp3) is 0.333. The van der Waals surface area contributed by atoms with Gasteiger partial charge in [-0.1, -0.05) is 0 Å². The summed E-state index contributed by atoms with van der Waals surface area (Å²) in [5.74, 6) is 0.549. The first-order chi connectivity index (χ1) is 6.61. The Hall–Kier alpha value is -0.231. The molecule has 0 saturated carbocycles. The summed E-state index contributed by atoms with van der Waals surface area (Å²) in [6.45, 7) is 6.48. The Morgan fingerprint density at radius 2 is 1.79 bits per heavy atom. The van der Waals surface area contributed by atoms with Gasteiger partial charge >= 0.3 is 97.5 Å². The number of benzene rings is 1. The van der Waals surface area contributed by atoms with Crippen LogP contribution in [0.1, 0.15) is 20.8 Å². The number of allylic oxidation sites excluding steroid dienone is 1. The van der Waals surface area contributed by atoms with E-state index in [1.807, 2.05) is 6.07 Å². The monoisotopic (exact) mass is 274 g/mol. The predicted octanol–water partition coefficient (Wildman–Crippen LogP) is 3.14. The molecule has 0 aliphatic rings. The molecule has 0 fully saturated rings. The quantitative estimate of drug-likeness (QED) is 0.742. The molecule has 0 unspecified atom stereocenters. The molecular weight excluding hydrogens is 259 g/mol. The average molecular weight is 274 g/mol. The van der Waals surface area contributed by atoms with Gasteiger partial charge in [0.25, 0.3) is 0 Å². The van der Waals surface area contributed by atoms with E-state index in [0.717, 1.165) is 3.93 Å². The minimum absolute atomic E-state index is 0.275. The number of hydrogen-bond acceptors (Lipinski definition) is 0. The molecule has 0 atom stereocenters. The number of rotatable bonds is 3. The second kappa shape index (κ2) is 5.60. The molecule has 0 saturated heterocycles. The maximum atomic E-state index is 6.27. The van der Waals surface area contributed by atoms with Crippen molar-refractivity contribution in [2.45, 2.75) is 20.8 Å². The van der Waals surface area contributed by atoms with E-state index >= 15 is 0 Å². The molecule has 0 nitrogen and oxygen atoms in total. The SMILES string of the molecule is C/C(=C(/Cl)[Se]c1ccccc1)C(C)C. The summed E-state index contributed by atoms with van der Waals surface area (Å²) in [6.07, 6.45) is 0. The first-order valence-corrected chi connectivity index (χ1v) is 6.79. The Bertz CT molecular complexity index is 314. The summed E-state index contributed by atoms with van der Waals surface area (Å²) in [6, 6.07) is 10.4. The molecule has 1 rings (SSSR count). The Balaban J connectivity index is 2.75. The molecule has 76 valence electrons. The van der Waals surface area contributed by atoms with Crippen LogP contribution >= 0.6 is 11.6 Å². The van der Waals surface area contributed by atoms with Crippen LogP contribution in [0.15, 0.2) is 39.8 Å². The van der Waals surface area contributed by atoms with Gasteiger partial charge in [-0.05, 0) is 0 Å². The van der Waals surface area contributed by atoms with Crippen molar-refractivity contribution in [3.05, 3.63) is 39.8 Å². The van der Waals surface area contributed by atoms with Gasteiger partial charge in [-0.15, -0.1) is 0 Å². The van der Waals surface area contributed by atoms with E-state index in [1.54, 1.807) is 0 Å². The van der Waals surface area contributed by atoms with E-state index in [0.29, 0.717) is 5.92 Å². The molecule has 0 aliphatic heterocycles. The van der Waals surface area contributed by atoms with Crippen molar-refractivity contribution in [1.82, 2.24) is 0 Å². The van der Waals surface area contributed by atoms with E-state index in [4.69, 9.17) is 11.6 Å². The fourth-order valence-electron chi connectivity index (χ4n) is 0.899. The average Bonchev–Trinajstić information content (AvgIpc) is 2.18. The van der Waals surface area contributed by atoms with Crippen LogP contribution in [0.25, 0.3) is 0 Å². The number of hydrogen-bond donors (Lipinski definition) is 0. The zero-order valence-corrected chi connectivity index (χ0v) is 11.2. The van der Waals surface area contributed by atoms with Crippen molar-refractivity contribution < 1.29 is 0 Å². The zero-order chi connectivity index (χ0) is 10.6. The third-order valence-corrected chi connectivity index (χ3v) is 4.94. The van der Waals surface area contributed by atoms with Crippen molar-refractivity contribution in [1.29, 1.82) is 0 Å². The molecular formula is C12H15ClSe. The molecule has 0 N–H and O–H groups in total. The van der Waals surface area contributed by atoms with Crippen molar-refractivity contribution in [2.75, 3.05) is 0 Å². The third-order valence-electron chi connectivity index (χ3n) is 2.13. The predicted molar refractivity (Wildman–Crippen MR) is 65.2 cm³/mol. The molecule has 2 heteroatoms. The molecule has 14 heavy (non-hydrogen) atoms. The molecule has 0 amide bonds. The summed E-state index contributed by atoms with van der Waals surface area (Å²) in [5.41, 5.74) is 1.32. The molecule has 1 aromatic carbocycles. The van der Waals surface area contributed by atoms with Crippen LogP contribution in [0.2, 0.25) is 0 Å². The molecule has 0 aromatic heterocycles. The molecule has 0 spiro atoms. The second-order valence-corrected chi connectivity index (χ2v) is 6.69. The number of halogens is 1. The summed E-state index contributed by atoms with van der Waals surface area (Å²) in [7, 11) is 0. The van der Waals surface area contributed by atoms with Gasteiger partial charge in [0.1, 0.15) is 0 Å². The van der Waals surface area contributed by atoms with Crippen molar-refractivity contribution >= 4 is 31.0 Å². The Morgan fingerprint density at radius 3 is 2.29 bits per heavy atom. The van der Waals surface area contributed by atoms with Gasteiger partial charge in [0.2, 0.25) is 0 Å². The van der Waals surface area contributed by atoms with Gasteiger partial charge in [-0.25, -0.2) is 0 Å². The van der Waals surface area contributed by atoms with Gasteiger partial charge in [0.05, 0.1) is 0 Å². The van der Waals surface area contributed by atoms with Gasteiger partial charge in [0, 0.05) is 0 Å². The Kier molecular flexibility index (Phi) is 4.74. The summed E-state index contributed by atoms with van der Waals surface area (Å²) in [5, 5.41) is 0. The Morgan fingerprint density at radius 1 is 1.21 bits per heavy atom.